The van der Waals surface area contributed by atoms with Gasteiger partial charge in [-0.2, -0.15) is 5.10 Å². The molecule has 2 rings (SSSR count). The summed E-state index contributed by atoms with van der Waals surface area (Å²) in [5, 5.41) is 37.5. The Morgan fingerprint density at radius 1 is 1.00 bits per heavy atom. The van der Waals surface area contributed by atoms with Crippen molar-refractivity contribution in [1.82, 2.24) is 0 Å². The first kappa shape index (κ1) is 18.7. The van der Waals surface area contributed by atoms with Crippen LogP contribution in [0, 0.1) is 30.3 Å². The second-order valence-electron chi connectivity index (χ2n) is 4.95. The minimum atomic E-state index is -0.966. The minimum absolute atomic E-state index is 0.342. The summed E-state index contributed by atoms with van der Waals surface area (Å²) in [6.45, 7) is 1.56. The lowest BCUT2D eigenvalue weighted by atomic mass is 10.1. The molecule has 0 aliphatic rings. The standard InChI is InChI=1S/C14H10ClN5O6/c1-8(9-3-2-4-10(15)5-9)16-17-14-12(19(23)24)6-11(18(21)22)7-13(14)20(25)26/h2-7,17H,1H3/b16-8+. The van der Waals surface area contributed by atoms with E-state index in [1.807, 2.05) is 0 Å². The average molecular weight is 380 g/mol. The van der Waals surface area contributed by atoms with Crippen LogP contribution in [-0.4, -0.2) is 20.5 Å². The van der Waals surface area contributed by atoms with Crippen molar-refractivity contribution in [3.05, 3.63) is 77.3 Å². The van der Waals surface area contributed by atoms with Crippen molar-refractivity contribution in [3.63, 3.8) is 0 Å². The lowest BCUT2D eigenvalue weighted by Gasteiger charge is -2.06. The summed E-state index contributed by atoms with van der Waals surface area (Å²) in [4.78, 5) is 30.3. The molecule has 2 aromatic rings. The van der Waals surface area contributed by atoms with Crippen molar-refractivity contribution in [1.29, 1.82) is 0 Å². The number of benzene rings is 2. The number of nitrogens with zero attached hydrogens (tertiary/aromatic N) is 4. The van der Waals surface area contributed by atoms with Crippen molar-refractivity contribution < 1.29 is 14.8 Å². The van der Waals surface area contributed by atoms with E-state index < -0.39 is 37.5 Å². The number of anilines is 1. The van der Waals surface area contributed by atoms with Crippen LogP contribution in [0.25, 0.3) is 0 Å². The van der Waals surface area contributed by atoms with E-state index in [-0.39, 0.29) is 0 Å². The fourth-order valence-electron chi connectivity index (χ4n) is 2.02. The maximum absolute atomic E-state index is 11.2. The Hall–Kier alpha value is -3.60. The van der Waals surface area contributed by atoms with Crippen LogP contribution in [0.5, 0.6) is 0 Å². The summed E-state index contributed by atoms with van der Waals surface area (Å²) in [7, 11) is 0. The molecule has 0 bridgehead atoms. The van der Waals surface area contributed by atoms with Crippen LogP contribution >= 0.6 is 11.6 Å². The third-order valence-electron chi connectivity index (χ3n) is 3.26. The predicted molar refractivity (Wildman–Crippen MR) is 93.7 cm³/mol. The van der Waals surface area contributed by atoms with Crippen LogP contribution in [0.3, 0.4) is 0 Å². The molecule has 0 amide bonds. The van der Waals surface area contributed by atoms with Crippen molar-refractivity contribution >= 4 is 40.1 Å². The number of rotatable bonds is 6. The van der Waals surface area contributed by atoms with E-state index in [0.29, 0.717) is 28.4 Å². The Labute approximate surface area is 150 Å². The Kier molecular flexibility index (Phi) is 5.42. The highest BCUT2D eigenvalue weighted by atomic mass is 35.5. The van der Waals surface area contributed by atoms with E-state index in [4.69, 9.17) is 11.6 Å². The number of nitrogens with one attached hydrogen (secondary N) is 1. The van der Waals surface area contributed by atoms with Gasteiger partial charge < -0.3 is 0 Å². The van der Waals surface area contributed by atoms with E-state index in [1.54, 1.807) is 31.2 Å². The summed E-state index contributed by atoms with van der Waals surface area (Å²) < 4.78 is 0. The molecule has 11 nitrogen and oxygen atoms in total. The third kappa shape index (κ3) is 4.08. The van der Waals surface area contributed by atoms with Gasteiger partial charge in [-0.15, -0.1) is 0 Å². The lowest BCUT2D eigenvalue weighted by molar-refractivity contribution is -0.401. The van der Waals surface area contributed by atoms with Crippen molar-refractivity contribution in [2.24, 2.45) is 5.10 Å². The SMILES string of the molecule is C/C(=N\Nc1c([N+](=O)[O-])cc([N+](=O)[O-])cc1[N+](=O)[O-])c1cccc(Cl)c1. The molecule has 0 radical (unpaired) electrons. The summed E-state index contributed by atoms with van der Waals surface area (Å²) >= 11 is 5.87. The number of hydrogen-bond donors (Lipinski definition) is 1. The second kappa shape index (κ2) is 7.53. The Bertz CT molecular complexity index is 910. The molecule has 0 saturated carbocycles. The van der Waals surface area contributed by atoms with E-state index in [9.17, 15) is 30.3 Å². The lowest BCUT2D eigenvalue weighted by Crippen LogP contribution is -2.05. The van der Waals surface area contributed by atoms with Crippen LogP contribution in [0.4, 0.5) is 22.7 Å². The molecular weight excluding hydrogens is 370 g/mol. The van der Waals surface area contributed by atoms with Crippen molar-refractivity contribution in [2.75, 3.05) is 5.43 Å². The molecule has 2 aromatic carbocycles. The first-order valence-electron chi connectivity index (χ1n) is 6.88. The summed E-state index contributed by atoms with van der Waals surface area (Å²) in [6, 6.07) is 7.80. The van der Waals surface area contributed by atoms with Crippen LogP contribution in [0.1, 0.15) is 12.5 Å². The van der Waals surface area contributed by atoms with Gasteiger partial charge in [0.15, 0.2) is 0 Å². The zero-order valence-corrected chi connectivity index (χ0v) is 13.8. The Morgan fingerprint density at radius 3 is 2.04 bits per heavy atom. The van der Waals surface area contributed by atoms with Gasteiger partial charge >= 0.3 is 11.4 Å². The zero-order valence-electron chi connectivity index (χ0n) is 13.1. The minimum Gasteiger partial charge on any atom is -0.266 e. The number of halogens is 1. The Morgan fingerprint density at radius 2 is 1.58 bits per heavy atom. The van der Waals surface area contributed by atoms with E-state index >= 15 is 0 Å². The number of non-ortho nitro benzene ring substituents is 1. The van der Waals surface area contributed by atoms with E-state index in [1.165, 1.54) is 0 Å². The highest BCUT2D eigenvalue weighted by Crippen LogP contribution is 2.38. The highest BCUT2D eigenvalue weighted by Gasteiger charge is 2.30. The van der Waals surface area contributed by atoms with Gasteiger partial charge in [0.2, 0.25) is 5.69 Å². The van der Waals surface area contributed by atoms with E-state index in [2.05, 4.69) is 10.5 Å². The molecule has 134 valence electrons. The first-order chi connectivity index (χ1) is 12.2. The molecule has 0 aromatic heterocycles. The second-order valence-corrected chi connectivity index (χ2v) is 5.39. The fourth-order valence-corrected chi connectivity index (χ4v) is 2.21. The summed E-state index contributed by atoms with van der Waals surface area (Å²) in [5.41, 5.74) is 0.175. The third-order valence-corrected chi connectivity index (χ3v) is 3.50. The fraction of sp³-hybridized carbons (Fsp3) is 0.0714. The zero-order chi connectivity index (χ0) is 19.4. The molecule has 0 spiro atoms. The molecule has 12 heteroatoms. The molecule has 0 aliphatic carbocycles. The van der Waals surface area contributed by atoms with Gasteiger partial charge in [0.05, 0.1) is 32.6 Å². The topological polar surface area (TPSA) is 154 Å². The molecule has 0 saturated heterocycles. The number of nitro benzene ring substituents is 3. The summed E-state index contributed by atoms with van der Waals surface area (Å²) in [6.07, 6.45) is 0. The average Bonchev–Trinajstić information content (AvgIpc) is 2.58. The maximum atomic E-state index is 11.2. The number of nitro groups is 3. The van der Waals surface area contributed by atoms with Gasteiger partial charge in [-0.25, -0.2) is 0 Å². The molecule has 0 aliphatic heterocycles. The van der Waals surface area contributed by atoms with Gasteiger partial charge in [0, 0.05) is 5.02 Å². The van der Waals surface area contributed by atoms with Gasteiger partial charge in [0.25, 0.3) is 5.69 Å². The van der Waals surface area contributed by atoms with E-state index in [0.717, 1.165) is 0 Å². The van der Waals surface area contributed by atoms with Crippen LogP contribution in [0.15, 0.2) is 41.5 Å². The molecule has 0 unspecified atom stereocenters. The Balaban J connectivity index is 2.53. The van der Waals surface area contributed by atoms with Gasteiger partial charge in [-0.1, -0.05) is 23.7 Å². The van der Waals surface area contributed by atoms with Gasteiger partial charge in [-0.3, -0.25) is 35.8 Å². The molecule has 0 heterocycles. The number of hydrogen-bond acceptors (Lipinski definition) is 8. The van der Waals surface area contributed by atoms with Crippen molar-refractivity contribution in [2.45, 2.75) is 6.92 Å². The summed E-state index contributed by atoms with van der Waals surface area (Å²) in [5.74, 6) is 0. The quantitative estimate of drug-likeness (QED) is 0.453. The first-order valence-corrected chi connectivity index (χ1v) is 7.26. The van der Waals surface area contributed by atoms with Crippen LogP contribution < -0.4 is 5.43 Å². The normalized spacial score (nSPS) is 11.1. The predicted octanol–water partition coefficient (Wildman–Crippen LogP) is 3.90. The molecule has 0 fully saturated rings. The van der Waals surface area contributed by atoms with Gasteiger partial charge in [-0.05, 0) is 24.6 Å². The van der Waals surface area contributed by atoms with Gasteiger partial charge in [0.1, 0.15) is 0 Å². The molecule has 1 N–H and O–H groups in total. The smallest absolute Gasteiger partial charge is 0.266 e. The number of hydrazone groups is 1. The van der Waals surface area contributed by atoms with Crippen LogP contribution in [-0.2, 0) is 0 Å². The highest BCUT2D eigenvalue weighted by molar-refractivity contribution is 6.31. The monoisotopic (exact) mass is 379 g/mol. The van der Waals surface area contributed by atoms with Crippen molar-refractivity contribution in [3.8, 4) is 0 Å². The molecule has 0 atom stereocenters. The molecular formula is C14H10ClN5O6. The molecule has 26 heavy (non-hydrogen) atoms. The largest absolute Gasteiger partial charge is 0.308 e. The maximum Gasteiger partial charge on any atom is 0.308 e. The van der Waals surface area contributed by atoms with Crippen LogP contribution in [0.2, 0.25) is 5.02 Å².